The van der Waals surface area contributed by atoms with E-state index in [-0.39, 0.29) is 0 Å². The lowest BCUT2D eigenvalue weighted by Gasteiger charge is -2.23. The number of piperidine rings is 1. The number of aromatic nitrogens is 3. The highest BCUT2D eigenvalue weighted by atomic mass is 16.5. The second-order valence-electron chi connectivity index (χ2n) is 8.45. The Morgan fingerprint density at radius 1 is 1.06 bits per heavy atom. The topological polar surface area (TPSA) is 95.8 Å². The molecule has 7 heteroatoms. The number of anilines is 2. The summed E-state index contributed by atoms with van der Waals surface area (Å²) in [6.07, 6.45) is 10.2. The van der Waals surface area contributed by atoms with Crippen LogP contribution in [0.3, 0.4) is 0 Å². The van der Waals surface area contributed by atoms with Crippen LogP contribution in [0.5, 0.6) is 0 Å². The van der Waals surface area contributed by atoms with Crippen molar-refractivity contribution in [2.24, 2.45) is 0 Å². The average molecular weight is 427 g/mol. The van der Waals surface area contributed by atoms with Gasteiger partial charge in [0.05, 0.1) is 30.0 Å². The van der Waals surface area contributed by atoms with Crippen molar-refractivity contribution in [2.45, 2.75) is 44.3 Å². The summed E-state index contributed by atoms with van der Waals surface area (Å²) in [6.45, 7) is 2.59. The molecule has 7 nitrogen and oxygen atoms in total. The number of pyridine rings is 3. The van der Waals surface area contributed by atoms with Gasteiger partial charge < -0.3 is 15.4 Å². The van der Waals surface area contributed by atoms with Gasteiger partial charge in [-0.3, -0.25) is 4.98 Å². The molecule has 1 saturated heterocycles. The molecule has 0 bridgehead atoms. The number of nitriles is 1. The molecular formula is C25H26N6O. The van der Waals surface area contributed by atoms with Gasteiger partial charge in [0.1, 0.15) is 11.6 Å². The average Bonchev–Trinajstić information content (AvgIpc) is 3.69. The molecule has 1 saturated carbocycles. The van der Waals surface area contributed by atoms with Crippen molar-refractivity contribution in [3.05, 3.63) is 65.6 Å². The number of nitrogens with one attached hydrogen (secondary N) is 2. The molecule has 0 atom stereocenters. The Labute approximate surface area is 187 Å². The first-order valence-corrected chi connectivity index (χ1v) is 11.2. The Hall–Kier alpha value is -3.34. The van der Waals surface area contributed by atoms with E-state index in [1.54, 1.807) is 18.3 Å². The third-order valence-corrected chi connectivity index (χ3v) is 5.90. The van der Waals surface area contributed by atoms with Crippen LogP contribution in [0.4, 0.5) is 11.6 Å². The lowest BCUT2D eigenvalue weighted by molar-refractivity contribution is 0.0211. The quantitative estimate of drug-likeness (QED) is 0.581. The molecule has 0 spiro atoms. The van der Waals surface area contributed by atoms with Crippen molar-refractivity contribution >= 4 is 11.6 Å². The van der Waals surface area contributed by atoms with Crippen LogP contribution in [0.15, 0.2) is 48.9 Å². The Morgan fingerprint density at radius 2 is 1.94 bits per heavy atom. The van der Waals surface area contributed by atoms with Crippen LogP contribution in [0, 0.1) is 11.3 Å². The minimum absolute atomic E-state index is 0.309. The van der Waals surface area contributed by atoms with Gasteiger partial charge in [-0.2, -0.15) is 5.26 Å². The lowest BCUT2D eigenvalue weighted by atomic mass is 10.1. The summed E-state index contributed by atoms with van der Waals surface area (Å²) in [5, 5.41) is 15.8. The molecule has 2 N–H and O–H groups in total. The van der Waals surface area contributed by atoms with Gasteiger partial charge in [0, 0.05) is 24.2 Å². The molecule has 162 valence electrons. The molecule has 0 unspecified atom stereocenters. The first kappa shape index (κ1) is 20.6. The molecule has 1 aliphatic heterocycles. The second kappa shape index (κ2) is 9.43. The lowest BCUT2D eigenvalue weighted by Crippen LogP contribution is -2.32. The van der Waals surface area contributed by atoms with Crippen molar-refractivity contribution in [3.63, 3.8) is 0 Å². The van der Waals surface area contributed by atoms with Gasteiger partial charge in [0.2, 0.25) is 0 Å². The highest BCUT2D eigenvalue weighted by Crippen LogP contribution is 2.42. The van der Waals surface area contributed by atoms with Crippen molar-refractivity contribution in [1.29, 1.82) is 5.26 Å². The van der Waals surface area contributed by atoms with Crippen molar-refractivity contribution < 1.29 is 4.74 Å². The van der Waals surface area contributed by atoms with Crippen molar-refractivity contribution in [3.8, 4) is 17.3 Å². The summed E-state index contributed by atoms with van der Waals surface area (Å²) in [5.74, 6) is 1.91. The second-order valence-corrected chi connectivity index (χ2v) is 8.45. The van der Waals surface area contributed by atoms with E-state index in [4.69, 9.17) is 15.0 Å². The van der Waals surface area contributed by atoms with Gasteiger partial charge in [0.25, 0.3) is 0 Å². The van der Waals surface area contributed by atoms with E-state index < -0.39 is 0 Å². The number of rotatable bonds is 7. The fourth-order valence-corrected chi connectivity index (χ4v) is 4.00. The van der Waals surface area contributed by atoms with E-state index in [1.165, 1.54) is 18.4 Å². The first-order chi connectivity index (χ1) is 15.8. The van der Waals surface area contributed by atoms with E-state index in [2.05, 4.69) is 44.9 Å². The third kappa shape index (κ3) is 5.10. The van der Waals surface area contributed by atoms with Crippen LogP contribution < -0.4 is 10.6 Å². The fourth-order valence-electron chi connectivity index (χ4n) is 4.00. The van der Waals surface area contributed by atoms with Gasteiger partial charge in [-0.15, -0.1) is 0 Å². The van der Waals surface area contributed by atoms with Crippen molar-refractivity contribution in [2.75, 3.05) is 18.4 Å². The molecule has 4 heterocycles. The van der Waals surface area contributed by atoms with Gasteiger partial charge >= 0.3 is 0 Å². The van der Waals surface area contributed by atoms with Crippen molar-refractivity contribution in [1.82, 2.24) is 20.3 Å². The molecule has 3 aromatic heterocycles. The van der Waals surface area contributed by atoms with Gasteiger partial charge in [-0.1, -0.05) is 0 Å². The standard InChI is InChI=1S/C25H26N6O/c26-13-17-3-8-29-24(10-17)31-25-12-20(19-1-2-19)11-23(30-25)21-9-18(14-28-15-21)16-32-22-4-6-27-7-5-22/h3,8-12,14-15,19,22,27H,1-2,4-7,16H2,(H,29,30,31). The van der Waals surface area contributed by atoms with E-state index in [9.17, 15) is 0 Å². The molecule has 32 heavy (non-hydrogen) atoms. The smallest absolute Gasteiger partial charge is 0.132 e. The summed E-state index contributed by atoms with van der Waals surface area (Å²) < 4.78 is 6.11. The van der Waals surface area contributed by atoms with Crippen LogP contribution in [0.2, 0.25) is 0 Å². The molecule has 3 aromatic rings. The van der Waals surface area contributed by atoms with Crippen LogP contribution >= 0.6 is 0 Å². The minimum Gasteiger partial charge on any atom is -0.373 e. The minimum atomic E-state index is 0.309. The van der Waals surface area contributed by atoms with Crippen LogP contribution in [0.1, 0.15) is 48.3 Å². The molecule has 0 amide bonds. The summed E-state index contributed by atoms with van der Waals surface area (Å²) in [5.41, 5.74) is 4.74. The van der Waals surface area contributed by atoms with Crippen LogP contribution in [-0.4, -0.2) is 34.1 Å². The number of hydrogen-bond acceptors (Lipinski definition) is 7. The zero-order chi connectivity index (χ0) is 21.8. The molecular weight excluding hydrogens is 400 g/mol. The number of ether oxygens (including phenoxy) is 1. The van der Waals surface area contributed by atoms with Gasteiger partial charge in [0.15, 0.2) is 0 Å². The molecule has 0 aromatic carbocycles. The maximum atomic E-state index is 9.16. The number of nitrogens with zero attached hydrogens (tertiary/aromatic N) is 4. The molecule has 2 fully saturated rings. The van der Waals surface area contributed by atoms with E-state index in [1.807, 2.05) is 12.4 Å². The largest absolute Gasteiger partial charge is 0.373 e. The SMILES string of the molecule is N#Cc1ccnc(Nc2cc(C3CC3)cc(-c3cncc(COC4CCNCC4)c3)n2)c1. The normalized spacial score (nSPS) is 16.5. The van der Waals surface area contributed by atoms with Gasteiger partial charge in [-0.25, -0.2) is 9.97 Å². The summed E-state index contributed by atoms with van der Waals surface area (Å²) in [4.78, 5) is 13.6. The molecule has 5 rings (SSSR count). The van der Waals surface area contributed by atoms with E-state index in [0.717, 1.165) is 48.6 Å². The van der Waals surface area contributed by atoms with Crippen LogP contribution in [0.25, 0.3) is 11.3 Å². The zero-order valence-corrected chi connectivity index (χ0v) is 17.9. The van der Waals surface area contributed by atoms with E-state index in [0.29, 0.717) is 30.0 Å². The predicted molar refractivity (Wildman–Crippen MR) is 122 cm³/mol. The third-order valence-electron chi connectivity index (χ3n) is 5.90. The number of hydrogen-bond donors (Lipinski definition) is 2. The zero-order valence-electron chi connectivity index (χ0n) is 17.9. The molecule has 0 radical (unpaired) electrons. The maximum Gasteiger partial charge on any atom is 0.132 e. The predicted octanol–water partition coefficient (Wildman–Crippen LogP) is 4.30. The highest BCUT2D eigenvalue weighted by molar-refractivity contribution is 5.65. The monoisotopic (exact) mass is 426 g/mol. The molecule has 2 aliphatic rings. The first-order valence-electron chi connectivity index (χ1n) is 11.2. The Balaban J connectivity index is 1.38. The Bertz CT molecular complexity index is 1130. The summed E-state index contributed by atoms with van der Waals surface area (Å²) >= 11 is 0. The van der Waals surface area contributed by atoms with E-state index >= 15 is 0 Å². The summed E-state index contributed by atoms with van der Waals surface area (Å²) in [7, 11) is 0. The summed E-state index contributed by atoms with van der Waals surface area (Å²) in [6, 6.07) is 11.9. The van der Waals surface area contributed by atoms with Crippen LogP contribution in [-0.2, 0) is 11.3 Å². The Morgan fingerprint density at radius 3 is 2.75 bits per heavy atom. The molecule has 1 aliphatic carbocycles. The maximum absolute atomic E-state index is 9.16. The highest BCUT2D eigenvalue weighted by Gasteiger charge is 2.25. The fraction of sp³-hybridized carbons (Fsp3) is 0.360. The van der Waals surface area contributed by atoms with Gasteiger partial charge in [-0.05, 0) is 86.1 Å². The Kier molecular flexibility index (Phi) is 6.06.